The number of nitrogens with one attached hydrogen (secondary N) is 1. The summed E-state index contributed by atoms with van der Waals surface area (Å²) in [6.45, 7) is 1.85. The third kappa shape index (κ3) is 3.11. The van der Waals surface area contributed by atoms with Crippen molar-refractivity contribution in [3.05, 3.63) is 29.8 Å². The van der Waals surface area contributed by atoms with Gasteiger partial charge in [0.15, 0.2) is 0 Å². The molecule has 1 aromatic rings. The molecule has 5 nitrogen and oxygen atoms in total. The van der Waals surface area contributed by atoms with Gasteiger partial charge in [-0.3, -0.25) is 9.59 Å². The average molecular weight is 371 g/mol. The maximum absolute atomic E-state index is 13.2. The third-order valence-corrected chi connectivity index (χ3v) is 7.24. The maximum atomic E-state index is 13.2. The Hall–Kier alpha value is -2.04. The lowest BCUT2D eigenvalue weighted by atomic mass is 9.42. The summed E-state index contributed by atoms with van der Waals surface area (Å²) in [6.07, 6.45) is 6.35. The topological polar surface area (TPSA) is 75.6 Å². The molecule has 4 aliphatic rings. The first-order valence-electron chi connectivity index (χ1n) is 10.0. The number of benzene rings is 1. The van der Waals surface area contributed by atoms with Crippen LogP contribution in [0.3, 0.4) is 0 Å². The van der Waals surface area contributed by atoms with Crippen LogP contribution < -0.4 is 10.1 Å². The van der Waals surface area contributed by atoms with Crippen LogP contribution >= 0.6 is 0 Å². The molecule has 3 unspecified atom stereocenters. The molecule has 3 atom stereocenters. The van der Waals surface area contributed by atoms with Crippen LogP contribution in [0.2, 0.25) is 0 Å². The predicted octanol–water partition coefficient (Wildman–Crippen LogP) is 3.37. The van der Waals surface area contributed by atoms with E-state index in [1.54, 1.807) is 14.0 Å². The number of carboxylic acid groups (broad SMARTS) is 1. The molecule has 0 spiro atoms. The number of ether oxygens (including phenoxy) is 1. The molecule has 0 aromatic heterocycles. The Morgan fingerprint density at radius 2 is 1.81 bits per heavy atom. The number of hydrogen-bond acceptors (Lipinski definition) is 3. The standard InChI is InChI=1S/C22H29NO4/c1-14(19(24)25)12-23-20(26)22-10-15-7-16(11-22)9-21(8-15,13-22)17-3-5-18(27-2)6-4-17/h3-6,14-16H,7-13H2,1-2H3,(H,23,26)(H,24,25). The van der Waals surface area contributed by atoms with E-state index in [2.05, 4.69) is 17.4 Å². The van der Waals surface area contributed by atoms with E-state index in [9.17, 15) is 9.59 Å². The van der Waals surface area contributed by atoms with Crippen LogP contribution in [0.4, 0.5) is 0 Å². The third-order valence-electron chi connectivity index (χ3n) is 7.24. The number of rotatable bonds is 6. The highest BCUT2D eigenvalue weighted by atomic mass is 16.5. The second-order valence-electron chi connectivity index (χ2n) is 9.20. The molecular weight excluding hydrogens is 342 g/mol. The molecule has 0 heterocycles. The Bertz CT molecular complexity index is 727. The number of carbonyl (C=O) groups is 2. The van der Waals surface area contributed by atoms with Crippen molar-refractivity contribution in [1.82, 2.24) is 5.32 Å². The van der Waals surface area contributed by atoms with Gasteiger partial charge in [0.2, 0.25) is 5.91 Å². The van der Waals surface area contributed by atoms with Gasteiger partial charge in [-0.15, -0.1) is 0 Å². The minimum absolute atomic E-state index is 0.0718. The van der Waals surface area contributed by atoms with E-state index in [1.165, 1.54) is 12.0 Å². The summed E-state index contributed by atoms with van der Waals surface area (Å²) in [5.41, 5.74) is 1.07. The molecular formula is C22H29NO4. The Balaban J connectivity index is 1.58. The van der Waals surface area contributed by atoms with Gasteiger partial charge in [-0.25, -0.2) is 0 Å². The average Bonchev–Trinajstić information content (AvgIpc) is 2.64. The van der Waals surface area contributed by atoms with Gasteiger partial charge >= 0.3 is 5.97 Å². The van der Waals surface area contributed by atoms with E-state index in [4.69, 9.17) is 9.84 Å². The Labute approximate surface area is 160 Å². The van der Waals surface area contributed by atoms with Gasteiger partial charge in [0.25, 0.3) is 0 Å². The molecule has 5 rings (SSSR count). The lowest BCUT2D eigenvalue weighted by molar-refractivity contribution is -0.150. The van der Waals surface area contributed by atoms with E-state index in [0.717, 1.165) is 37.9 Å². The van der Waals surface area contributed by atoms with Crippen molar-refractivity contribution in [1.29, 1.82) is 0 Å². The summed E-state index contributed by atoms with van der Waals surface area (Å²) in [5.74, 6) is 0.696. The number of hydrogen-bond donors (Lipinski definition) is 2. The molecule has 4 fully saturated rings. The fraction of sp³-hybridized carbons (Fsp3) is 0.636. The minimum Gasteiger partial charge on any atom is -0.497 e. The molecule has 146 valence electrons. The molecule has 4 bridgehead atoms. The van der Waals surface area contributed by atoms with E-state index in [1.807, 2.05) is 12.1 Å². The summed E-state index contributed by atoms with van der Waals surface area (Å²) in [6, 6.07) is 8.39. The second-order valence-corrected chi connectivity index (χ2v) is 9.20. The van der Waals surface area contributed by atoms with E-state index < -0.39 is 11.9 Å². The van der Waals surface area contributed by atoms with E-state index >= 15 is 0 Å². The van der Waals surface area contributed by atoms with Gasteiger partial charge in [0.1, 0.15) is 5.75 Å². The van der Waals surface area contributed by atoms with Crippen molar-refractivity contribution in [2.45, 2.75) is 50.9 Å². The van der Waals surface area contributed by atoms with Crippen LogP contribution in [0, 0.1) is 23.2 Å². The van der Waals surface area contributed by atoms with Gasteiger partial charge in [-0.05, 0) is 73.5 Å². The molecule has 1 aromatic carbocycles. The molecule has 2 N–H and O–H groups in total. The van der Waals surface area contributed by atoms with Gasteiger partial charge in [0, 0.05) is 6.54 Å². The zero-order valence-electron chi connectivity index (χ0n) is 16.2. The van der Waals surface area contributed by atoms with E-state index in [-0.39, 0.29) is 23.3 Å². The Morgan fingerprint density at radius 3 is 2.37 bits per heavy atom. The van der Waals surface area contributed by atoms with Gasteiger partial charge in [0.05, 0.1) is 18.4 Å². The minimum atomic E-state index is -0.865. The van der Waals surface area contributed by atoms with Crippen LogP contribution in [0.5, 0.6) is 5.75 Å². The van der Waals surface area contributed by atoms with Gasteiger partial charge < -0.3 is 15.2 Å². The first-order valence-corrected chi connectivity index (χ1v) is 10.0. The molecule has 4 saturated carbocycles. The molecule has 0 saturated heterocycles. The van der Waals surface area contributed by atoms with Crippen molar-refractivity contribution in [2.75, 3.05) is 13.7 Å². The van der Waals surface area contributed by atoms with Gasteiger partial charge in [-0.1, -0.05) is 19.1 Å². The molecule has 5 heteroatoms. The van der Waals surface area contributed by atoms with Crippen LogP contribution in [-0.4, -0.2) is 30.6 Å². The van der Waals surface area contributed by atoms with Crippen molar-refractivity contribution >= 4 is 11.9 Å². The van der Waals surface area contributed by atoms with Crippen LogP contribution in [0.1, 0.15) is 51.0 Å². The van der Waals surface area contributed by atoms with Crippen LogP contribution in [0.15, 0.2) is 24.3 Å². The summed E-state index contributed by atoms with van der Waals surface area (Å²) < 4.78 is 5.31. The van der Waals surface area contributed by atoms with Crippen LogP contribution in [-0.2, 0) is 15.0 Å². The molecule has 0 radical (unpaired) electrons. The molecule has 1 amide bonds. The number of methoxy groups -OCH3 is 1. The zero-order chi connectivity index (χ0) is 19.2. The molecule has 0 aliphatic heterocycles. The Morgan fingerprint density at radius 1 is 1.19 bits per heavy atom. The van der Waals surface area contributed by atoms with Crippen molar-refractivity contribution in [2.24, 2.45) is 23.2 Å². The lowest BCUT2D eigenvalue weighted by Gasteiger charge is -2.61. The second kappa shape index (κ2) is 6.54. The molecule has 27 heavy (non-hydrogen) atoms. The predicted molar refractivity (Wildman–Crippen MR) is 102 cm³/mol. The van der Waals surface area contributed by atoms with E-state index in [0.29, 0.717) is 11.8 Å². The fourth-order valence-corrected chi connectivity index (χ4v) is 6.33. The highest BCUT2D eigenvalue weighted by Crippen LogP contribution is 2.65. The number of aliphatic carboxylic acids is 1. The fourth-order valence-electron chi connectivity index (χ4n) is 6.33. The summed E-state index contributed by atoms with van der Waals surface area (Å²) >= 11 is 0. The van der Waals surface area contributed by atoms with Crippen molar-refractivity contribution in [3.8, 4) is 5.75 Å². The van der Waals surface area contributed by atoms with Crippen molar-refractivity contribution in [3.63, 3.8) is 0 Å². The van der Waals surface area contributed by atoms with Crippen LogP contribution in [0.25, 0.3) is 0 Å². The summed E-state index contributed by atoms with van der Waals surface area (Å²) in [7, 11) is 1.68. The maximum Gasteiger partial charge on any atom is 0.308 e. The molecule has 4 aliphatic carbocycles. The highest BCUT2D eigenvalue weighted by Gasteiger charge is 2.60. The number of carbonyl (C=O) groups excluding carboxylic acids is 1. The summed E-state index contributed by atoms with van der Waals surface area (Å²) in [5, 5.41) is 12.1. The largest absolute Gasteiger partial charge is 0.497 e. The first kappa shape index (κ1) is 18.3. The quantitative estimate of drug-likeness (QED) is 0.804. The number of carboxylic acids is 1. The summed E-state index contributed by atoms with van der Waals surface area (Å²) in [4.78, 5) is 24.3. The normalized spacial score (nSPS) is 34.9. The SMILES string of the molecule is COc1ccc(C23CC4CC(CC(C(=O)NCC(C)C(=O)O)(C4)C2)C3)cc1. The van der Waals surface area contributed by atoms with Gasteiger partial charge in [-0.2, -0.15) is 0 Å². The lowest BCUT2D eigenvalue weighted by Crippen LogP contribution is -2.59. The van der Waals surface area contributed by atoms with Crippen molar-refractivity contribution < 1.29 is 19.4 Å². The smallest absolute Gasteiger partial charge is 0.308 e. The Kier molecular flexibility index (Phi) is 4.44. The zero-order valence-corrected chi connectivity index (χ0v) is 16.2. The number of amides is 1. The first-order chi connectivity index (χ1) is 12.9. The monoisotopic (exact) mass is 371 g/mol. The highest BCUT2D eigenvalue weighted by molar-refractivity contribution is 5.84.